The lowest BCUT2D eigenvalue weighted by Crippen LogP contribution is -2.36. The molecule has 0 unspecified atom stereocenters. The molecule has 5 nitrogen and oxygen atoms in total. The van der Waals surface area contributed by atoms with Gasteiger partial charge in [0.1, 0.15) is 0 Å². The van der Waals surface area contributed by atoms with E-state index in [0.717, 1.165) is 11.3 Å². The van der Waals surface area contributed by atoms with Crippen LogP contribution in [-0.2, 0) is 14.8 Å². The van der Waals surface area contributed by atoms with E-state index in [-0.39, 0.29) is 4.90 Å². The fourth-order valence-corrected chi connectivity index (χ4v) is 4.44. The number of anilines is 2. The van der Waals surface area contributed by atoms with Gasteiger partial charge in [0.2, 0.25) is 0 Å². The van der Waals surface area contributed by atoms with E-state index < -0.39 is 10.0 Å². The Balaban J connectivity index is 1.97. The third-order valence-corrected chi connectivity index (χ3v) is 5.94. The number of aryl methyl sites for hydroxylation is 2. The van der Waals surface area contributed by atoms with Crippen molar-refractivity contribution in [3.8, 4) is 0 Å². The van der Waals surface area contributed by atoms with Gasteiger partial charge in [-0.15, -0.1) is 0 Å². The highest BCUT2D eigenvalue weighted by atomic mass is 35.5. The second-order valence-electron chi connectivity index (χ2n) is 6.14. The third kappa shape index (κ3) is 4.08. The van der Waals surface area contributed by atoms with Crippen LogP contribution in [0.1, 0.15) is 11.1 Å². The first-order chi connectivity index (χ1) is 11.9. The lowest BCUT2D eigenvalue weighted by atomic mass is 10.2. The molecule has 0 saturated carbocycles. The molecule has 2 aromatic rings. The van der Waals surface area contributed by atoms with Crippen LogP contribution in [0.5, 0.6) is 0 Å². The molecule has 0 amide bonds. The van der Waals surface area contributed by atoms with Gasteiger partial charge in [0.15, 0.2) is 0 Å². The number of ether oxygens (including phenoxy) is 1. The fraction of sp³-hybridized carbons (Fsp3) is 0.333. The molecule has 1 aliphatic rings. The van der Waals surface area contributed by atoms with Gasteiger partial charge < -0.3 is 9.64 Å². The average molecular weight is 381 g/mol. The van der Waals surface area contributed by atoms with Crippen molar-refractivity contribution in [1.82, 2.24) is 0 Å². The van der Waals surface area contributed by atoms with Crippen molar-refractivity contribution in [2.24, 2.45) is 0 Å². The normalized spacial score (nSPS) is 15.2. The Morgan fingerprint density at radius 2 is 1.80 bits per heavy atom. The Bertz CT molecular complexity index is 878. The van der Waals surface area contributed by atoms with Gasteiger partial charge in [0, 0.05) is 18.1 Å². The Kier molecular flexibility index (Phi) is 5.22. The van der Waals surface area contributed by atoms with E-state index in [1.807, 2.05) is 19.1 Å². The predicted molar refractivity (Wildman–Crippen MR) is 101 cm³/mol. The van der Waals surface area contributed by atoms with Crippen LogP contribution in [0, 0.1) is 13.8 Å². The number of halogens is 1. The summed E-state index contributed by atoms with van der Waals surface area (Å²) in [6.07, 6.45) is 0. The van der Waals surface area contributed by atoms with Crippen LogP contribution in [0.4, 0.5) is 11.4 Å². The molecule has 0 radical (unpaired) electrons. The van der Waals surface area contributed by atoms with Gasteiger partial charge >= 0.3 is 0 Å². The zero-order valence-electron chi connectivity index (χ0n) is 14.3. The van der Waals surface area contributed by atoms with Crippen molar-refractivity contribution in [3.63, 3.8) is 0 Å². The molecule has 3 rings (SSSR count). The summed E-state index contributed by atoms with van der Waals surface area (Å²) in [5.74, 6) is 0. The molecule has 134 valence electrons. The minimum Gasteiger partial charge on any atom is -0.378 e. The average Bonchev–Trinajstić information content (AvgIpc) is 2.55. The van der Waals surface area contributed by atoms with Crippen molar-refractivity contribution in [3.05, 3.63) is 52.5 Å². The van der Waals surface area contributed by atoms with Gasteiger partial charge in [-0.25, -0.2) is 8.42 Å². The number of benzene rings is 2. The summed E-state index contributed by atoms with van der Waals surface area (Å²) in [7, 11) is -3.71. The van der Waals surface area contributed by atoms with Gasteiger partial charge in [-0.05, 0) is 43.7 Å². The predicted octanol–water partition coefficient (Wildman–Crippen LogP) is 3.59. The summed E-state index contributed by atoms with van der Waals surface area (Å²) in [4.78, 5) is 2.37. The molecule has 2 aromatic carbocycles. The largest absolute Gasteiger partial charge is 0.378 e. The maximum Gasteiger partial charge on any atom is 0.262 e. The molecular weight excluding hydrogens is 360 g/mol. The summed E-state index contributed by atoms with van der Waals surface area (Å²) in [6.45, 7) is 6.38. The molecule has 0 aliphatic carbocycles. The maximum atomic E-state index is 12.9. The molecule has 1 N–H and O–H groups in total. The van der Waals surface area contributed by atoms with E-state index >= 15 is 0 Å². The van der Waals surface area contributed by atoms with Gasteiger partial charge in [-0.3, -0.25) is 4.72 Å². The van der Waals surface area contributed by atoms with Crippen LogP contribution in [0.15, 0.2) is 41.3 Å². The Hall–Kier alpha value is -1.76. The van der Waals surface area contributed by atoms with Crippen LogP contribution >= 0.6 is 11.6 Å². The minimum absolute atomic E-state index is 0.269. The van der Waals surface area contributed by atoms with Gasteiger partial charge in [0.05, 0.1) is 29.5 Å². The molecular formula is C18H21ClN2O3S. The monoisotopic (exact) mass is 380 g/mol. The molecule has 1 saturated heterocycles. The first-order valence-electron chi connectivity index (χ1n) is 8.09. The zero-order chi connectivity index (χ0) is 18.0. The van der Waals surface area contributed by atoms with E-state index in [4.69, 9.17) is 16.3 Å². The summed E-state index contributed by atoms with van der Waals surface area (Å²) in [5.41, 5.74) is 3.02. The molecule has 1 fully saturated rings. The molecule has 1 heterocycles. The van der Waals surface area contributed by atoms with Crippen molar-refractivity contribution in [1.29, 1.82) is 0 Å². The Morgan fingerprint density at radius 1 is 1.08 bits per heavy atom. The number of sulfonamides is 1. The zero-order valence-corrected chi connectivity index (χ0v) is 15.8. The highest BCUT2D eigenvalue weighted by Crippen LogP contribution is 2.32. The summed E-state index contributed by atoms with van der Waals surface area (Å²) >= 11 is 6.10. The van der Waals surface area contributed by atoms with Crippen molar-refractivity contribution in [2.75, 3.05) is 35.9 Å². The number of nitrogens with one attached hydrogen (secondary N) is 1. The van der Waals surface area contributed by atoms with E-state index in [2.05, 4.69) is 9.62 Å². The number of hydrogen-bond acceptors (Lipinski definition) is 4. The van der Waals surface area contributed by atoms with Gasteiger partial charge in [-0.1, -0.05) is 29.3 Å². The maximum absolute atomic E-state index is 12.9. The van der Waals surface area contributed by atoms with Crippen LogP contribution < -0.4 is 9.62 Å². The molecule has 0 aromatic heterocycles. The van der Waals surface area contributed by atoms with Crippen LogP contribution in [0.3, 0.4) is 0 Å². The first-order valence-corrected chi connectivity index (χ1v) is 9.95. The number of hydrogen-bond donors (Lipinski definition) is 1. The van der Waals surface area contributed by atoms with E-state index in [9.17, 15) is 8.42 Å². The SMILES string of the molecule is Cc1ccc(S(=O)(=O)Nc2cc(Cl)ccc2N2CCOCC2)c(C)c1. The quantitative estimate of drug-likeness (QED) is 0.880. The lowest BCUT2D eigenvalue weighted by molar-refractivity contribution is 0.123. The fourth-order valence-electron chi connectivity index (χ4n) is 2.97. The van der Waals surface area contributed by atoms with E-state index in [1.54, 1.807) is 31.2 Å². The third-order valence-electron chi connectivity index (χ3n) is 4.17. The second-order valence-corrected chi connectivity index (χ2v) is 8.22. The van der Waals surface area contributed by atoms with Crippen molar-refractivity contribution in [2.45, 2.75) is 18.7 Å². The number of rotatable bonds is 4. The van der Waals surface area contributed by atoms with Crippen LogP contribution in [0.2, 0.25) is 5.02 Å². The standard InChI is InChI=1S/C18H21ClN2O3S/c1-13-3-6-18(14(2)11-13)25(22,23)20-16-12-15(19)4-5-17(16)21-7-9-24-10-8-21/h3-6,11-12,20H,7-10H2,1-2H3. The Labute approximate surface area is 153 Å². The summed E-state index contributed by atoms with van der Waals surface area (Å²) < 4.78 is 33.8. The first kappa shape index (κ1) is 18.0. The van der Waals surface area contributed by atoms with Crippen molar-refractivity contribution >= 4 is 33.0 Å². The summed E-state index contributed by atoms with van der Waals surface area (Å²) in [6, 6.07) is 10.5. The molecule has 0 spiro atoms. The Morgan fingerprint density at radius 3 is 2.48 bits per heavy atom. The molecule has 7 heteroatoms. The second kappa shape index (κ2) is 7.23. The summed E-state index contributed by atoms with van der Waals surface area (Å²) in [5, 5.41) is 0.482. The highest BCUT2D eigenvalue weighted by molar-refractivity contribution is 7.92. The molecule has 1 aliphatic heterocycles. The number of morpholine rings is 1. The smallest absolute Gasteiger partial charge is 0.262 e. The van der Waals surface area contributed by atoms with E-state index in [0.29, 0.717) is 42.6 Å². The molecule has 0 atom stereocenters. The highest BCUT2D eigenvalue weighted by Gasteiger charge is 2.21. The lowest BCUT2D eigenvalue weighted by Gasteiger charge is -2.30. The van der Waals surface area contributed by atoms with Crippen molar-refractivity contribution < 1.29 is 13.2 Å². The van der Waals surface area contributed by atoms with E-state index in [1.165, 1.54) is 0 Å². The van der Waals surface area contributed by atoms with Crippen LogP contribution in [-0.4, -0.2) is 34.7 Å². The molecule has 0 bridgehead atoms. The van der Waals surface area contributed by atoms with Gasteiger partial charge in [-0.2, -0.15) is 0 Å². The topological polar surface area (TPSA) is 58.6 Å². The van der Waals surface area contributed by atoms with Crippen LogP contribution in [0.25, 0.3) is 0 Å². The number of nitrogens with zero attached hydrogens (tertiary/aromatic N) is 1. The minimum atomic E-state index is -3.71. The molecule has 25 heavy (non-hydrogen) atoms. The van der Waals surface area contributed by atoms with Gasteiger partial charge in [0.25, 0.3) is 10.0 Å².